The normalized spacial score (nSPS) is 11.2. The van der Waals surface area contributed by atoms with Crippen LogP contribution < -0.4 is 9.62 Å². The fourth-order valence-corrected chi connectivity index (χ4v) is 3.56. The van der Waals surface area contributed by atoms with Crippen LogP contribution in [-0.4, -0.2) is 27.1 Å². The van der Waals surface area contributed by atoms with E-state index in [2.05, 4.69) is 5.32 Å². The highest BCUT2D eigenvalue weighted by Gasteiger charge is 2.20. The van der Waals surface area contributed by atoms with Crippen LogP contribution in [0.15, 0.2) is 42.5 Å². The van der Waals surface area contributed by atoms with Crippen molar-refractivity contribution >= 4 is 27.3 Å². The molecule has 0 fully saturated rings. The van der Waals surface area contributed by atoms with E-state index < -0.39 is 10.0 Å². The molecular formula is C19H24N2O3S. The quantitative estimate of drug-likeness (QED) is 0.858. The van der Waals surface area contributed by atoms with Crippen LogP contribution in [0.2, 0.25) is 0 Å². The van der Waals surface area contributed by atoms with E-state index in [0.29, 0.717) is 5.69 Å². The fraction of sp³-hybridized carbons (Fsp3) is 0.316. The summed E-state index contributed by atoms with van der Waals surface area (Å²) in [7, 11) is -3.48. The topological polar surface area (TPSA) is 66.5 Å². The van der Waals surface area contributed by atoms with E-state index in [0.717, 1.165) is 28.6 Å². The number of anilines is 2. The summed E-state index contributed by atoms with van der Waals surface area (Å²) in [5.41, 5.74) is 4.15. The van der Waals surface area contributed by atoms with Gasteiger partial charge in [0.05, 0.1) is 11.9 Å². The highest BCUT2D eigenvalue weighted by Crippen LogP contribution is 2.24. The van der Waals surface area contributed by atoms with Crippen molar-refractivity contribution in [2.75, 3.05) is 22.4 Å². The first kappa shape index (κ1) is 19.0. The van der Waals surface area contributed by atoms with Crippen LogP contribution in [0, 0.1) is 20.8 Å². The molecule has 1 N–H and O–H groups in total. The molecule has 0 aliphatic rings. The Morgan fingerprint density at radius 2 is 1.72 bits per heavy atom. The summed E-state index contributed by atoms with van der Waals surface area (Å²) in [5, 5.41) is 2.83. The first-order valence-electron chi connectivity index (χ1n) is 8.09. The number of hydrogen-bond acceptors (Lipinski definition) is 3. The zero-order chi connectivity index (χ0) is 18.6. The standard InChI is InChI=1S/C19H24N2O3S/c1-14-9-10-16(3)18(13-14)21(25(4,23)24)12-11-19(22)20-17-8-6-5-7-15(17)2/h5-10,13H,11-12H2,1-4H3,(H,20,22). The molecule has 0 bridgehead atoms. The molecule has 6 heteroatoms. The summed E-state index contributed by atoms with van der Waals surface area (Å²) >= 11 is 0. The molecule has 0 aliphatic heterocycles. The van der Waals surface area contributed by atoms with Gasteiger partial charge in [-0.05, 0) is 49.6 Å². The van der Waals surface area contributed by atoms with Gasteiger partial charge in [0, 0.05) is 18.7 Å². The maximum atomic E-state index is 12.2. The average molecular weight is 360 g/mol. The van der Waals surface area contributed by atoms with Crippen molar-refractivity contribution < 1.29 is 13.2 Å². The summed E-state index contributed by atoms with van der Waals surface area (Å²) in [4.78, 5) is 12.2. The SMILES string of the molecule is Cc1ccc(C)c(N(CCC(=O)Nc2ccccc2C)S(C)(=O)=O)c1. The van der Waals surface area contributed by atoms with Crippen molar-refractivity contribution in [1.82, 2.24) is 0 Å². The molecule has 2 rings (SSSR count). The highest BCUT2D eigenvalue weighted by molar-refractivity contribution is 7.92. The minimum absolute atomic E-state index is 0.0782. The molecule has 0 heterocycles. The van der Waals surface area contributed by atoms with Crippen LogP contribution in [0.1, 0.15) is 23.1 Å². The monoisotopic (exact) mass is 360 g/mol. The predicted octanol–water partition coefficient (Wildman–Crippen LogP) is 3.41. The molecule has 1 amide bonds. The van der Waals surface area contributed by atoms with Gasteiger partial charge < -0.3 is 5.32 Å². The largest absolute Gasteiger partial charge is 0.326 e. The summed E-state index contributed by atoms with van der Waals surface area (Å²) in [6.07, 6.45) is 1.24. The zero-order valence-corrected chi connectivity index (χ0v) is 15.9. The first-order valence-corrected chi connectivity index (χ1v) is 9.94. The lowest BCUT2D eigenvalue weighted by atomic mass is 10.1. The van der Waals surface area contributed by atoms with E-state index >= 15 is 0 Å². The molecule has 0 spiro atoms. The van der Waals surface area contributed by atoms with E-state index in [1.165, 1.54) is 4.31 Å². The van der Waals surface area contributed by atoms with Gasteiger partial charge in [0.1, 0.15) is 0 Å². The number of para-hydroxylation sites is 1. The molecule has 0 saturated carbocycles. The summed E-state index contributed by atoms with van der Waals surface area (Å²) in [5.74, 6) is -0.215. The molecule has 25 heavy (non-hydrogen) atoms. The molecule has 5 nitrogen and oxygen atoms in total. The van der Waals surface area contributed by atoms with Crippen LogP contribution in [0.3, 0.4) is 0 Å². The zero-order valence-electron chi connectivity index (χ0n) is 15.0. The molecule has 0 saturated heterocycles. The maximum Gasteiger partial charge on any atom is 0.232 e. The van der Waals surface area contributed by atoms with Crippen LogP contribution in [-0.2, 0) is 14.8 Å². The van der Waals surface area contributed by atoms with E-state index in [-0.39, 0.29) is 18.9 Å². The van der Waals surface area contributed by atoms with Crippen LogP contribution in [0.25, 0.3) is 0 Å². The molecule has 2 aromatic carbocycles. The van der Waals surface area contributed by atoms with Crippen molar-refractivity contribution in [3.63, 3.8) is 0 Å². The Hall–Kier alpha value is -2.34. The Kier molecular flexibility index (Phi) is 5.85. The van der Waals surface area contributed by atoms with Crippen molar-refractivity contribution in [2.24, 2.45) is 0 Å². The lowest BCUT2D eigenvalue weighted by Crippen LogP contribution is -2.33. The Bertz CT molecular complexity index is 876. The Morgan fingerprint density at radius 1 is 1.04 bits per heavy atom. The number of nitrogens with zero attached hydrogens (tertiary/aromatic N) is 1. The third-order valence-corrected chi connectivity index (χ3v) is 5.17. The van der Waals surface area contributed by atoms with E-state index in [1.54, 1.807) is 0 Å². The van der Waals surface area contributed by atoms with Crippen LogP contribution in [0.5, 0.6) is 0 Å². The van der Waals surface area contributed by atoms with Crippen molar-refractivity contribution in [1.29, 1.82) is 0 Å². The number of carbonyl (C=O) groups excluding carboxylic acids is 1. The number of hydrogen-bond donors (Lipinski definition) is 1. The fourth-order valence-electron chi connectivity index (χ4n) is 2.58. The average Bonchev–Trinajstić information content (AvgIpc) is 2.52. The maximum absolute atomic E-state index is 12.2. The molecular weight excluding hydrogens is 336 g/mol. The third kappa shape index (κ3) is 5.06. The van der Waals surface area contributed by atoms with Gasteiger partial charge >= 0.3 is 0 Å². The van der Waals surface area contributed by atoms with E-state index in [9.17, 15) is 13.2 Å². The van der Waals surface area contributed by atoms with Crippen LogP contribution >= 0.6 is 0 Å². The van der Waals surface area contributed by atoms with Crippen molar-refractivity contribution in [3.05, 3.63) is 59.2 Å². The Balaban J connectivity index is 2.15. The predicted molar refractivity (Wildman–Crippen MR) is 103 cm³/mol. The first-order chi connectivity index (χ1) is 11.7. The smallest absolute Gasteiger partial charge is 0.232 e. The van der Waals surface area contributed by atoms with Gasteiger partial charge in [-0.2, -0.15) is 0 Å². The Labute approximate surface area is 149 Å². The number of aryl methyl sites for hydroxylation is 3. The molecule has 0 aliphatic carbocycles. The second-order valence-corrected chi connectivity index (χ2v) is 8.14. The highest BCUT2D eigenvalue weighted by atomic mass is 32.2. The molecule has 0 aromatic heterocycles. The minimum Gasteiger partial charge on any atom is -0.326 e. The molecule has 2 aromatic rings. The molecule has 0 atom stereocenters. The van der Waals surface area contributed by atoms with Gasteiger partial charge in [-0.1, -0.05) is 30.3 Å². The molecule has 0 unspecified atom stereocenters. The van der Waals surface area contributed by atoms with Gasteiger partial charge in [-0.15, -0.1) is 0 Å². The summed E-state index contributed by atoms with van der Waals surface area (Å²) in [6, 6.07) is 13.1. The van der Waals surface area contributed by atoms with Crippen molar-refractivity contribution in [3.8, 4) is 0 Å². The lowest BCUT2D eigenvalue weighted by molar-refractivity contribution is -0.116. The van der Waals surface area contributed by atoms with Gasteiger partial charge in [-0.3, -0.25) is 9.10 Å². The Morgan fingerprint density at radius 3 is 2.36 bits per heavy atom. The summed E-state index contributed by atoms with van der Waals surface area (Å²) in [6.45, 7) is 5.78. The van der Waals surface area contributed by atoms with Gasteiger partial charge in [0.15, 0.2) is 0 Å². The van der Waals surface area contributed by atoms with Crippen LogP contribution in [0.4, 0.5) is 11.4 Å². The number of rotatable bonds is 6. The number of nitrogens with one attached hydrogen (secondary N) is 1. The minimum atomic E-state index is -3.48. The van der Waals surface area contributed by atoms with Gasteiger partial charge in [-0.25, -0.2) is 8.42 Å². The molecule has 134 valence electrons. The lowest BCUT2D eigenvalue weighted by Gasteiger charge is -2.24. The van der Waals surface area contributed by atoms with E-state index in [1.807, 2.05) is 63.2 Å². The van der Waals surface area contributed by atoms with E-state index in [4.69, 9.17) is 0 Å². The molecule has 0 radical (unpaired) electrons. The van der Waals surface area contributed by atoms with Crippen molar-refractivity contribution in [2.45, 2.75) is 27.2 Å². The van der Waals surface area contributed by atoms with Gasteiger partial charge in [0.25, 0.3) is 0 Å². The summed E-state index contributed by atoms with van der Waals surface area (Å²) < 4.78 is 25.7. The second kappa shape index (κ2) is 7.70. The number of sulfonamides is 1. The third-order valence-electron chi connectivity index (χ3n) is 3.99. The number of benzene rings is 2. The second-order valence-electron chi connectivity index (χ2n) is 6.24. The number of carbonyl (C=O) groups is 1. The van der Waals surface area contributed by atoms with Gasteiger partial charge in [0.2, 0.25) is 15.9 Å². The number of amides is 1.